The van der Waals surface area contributed by atoms with Gasteiger partial charge in [0.1, 0.15) is 0 Å². The molecule has 0 fully saturated rings. The van der Waals surface area contributed by atoms with Crippen LogP contribution in [-0.4, -0.2) is 14.1 Å². The monoisotopic (exact) mass is 280 g/mol. The normalized spacial score (nSPS) is 14.6. The van der Waals surface area contributed by atoms with Gasteiger partial charge in [0.05, 0.1) is 0 Å². The number of nitrogens with zero attached hydrogens (tertiary/aromatic N) is 1. The van der Waals surface area contributed by atoms with Gasteiger partial charge in [-0.05, 0) is 61.1 Å². The lowest BCUT2D eigenvalue weighted by atomic mass is 10.0. The minimum Gasteiger partial charge on any atom is -0.378 e. The highest BCUT2D eigenvalue weighted by Crippen LogP contribution is 2.27. The van der Waals surface area contributed by atoms with Crippen molar-refractivity contribution >= 4 is 11.4 Å². The quantitative estimate of drug-likeness (QED) is 0.892. The molecule has 0 bridgehead atoms. The first-order valence-electron chi connectivity index (χ1n) is 7.79. The molecule has 2 aromatic rings. The highest BCUT2D eigenvalue weighted by atomic mass is 15.1. The summed E-state index contributed by atoms with van der Waals surface area (Å²) in [6.07, 6.45) is 3.81. The van der Waals surface area contributed by atoms with E-state index in [1.165, 1.54) is 36.2 Å². The Bertz CT molecular complexity index is 631. The molecule has 0 heterocycles. The van der Waals surface area contributed by atoms with E-state index in [2.05, 4.69) is 73.7 Å². The number of nitrogens with one attached hydrogen (secondary N) is 1. The third-order valence-electron chi connectivity index (χ3n) is 4.37. The molecule has 3 rings (SSSR count). The topological polar surface area (TPSA) is 15.3 Å². The van der Waals surface area contributed by atoms with Crippen molar-refractivity contribution < 1.29 is 0 Å². The van der Waals surface area contributed by atoms with Gasteiger partial charge in [-0.1, -0.05) is 24.3 Å². The number of fused-ring (bicyclic) bond motifs is 1. The van der Waals surface area contributed by atoms with Crippen molar-refractivity contribution in [3.63, 3.8) is 0 Å². The van der Waals surface area contributed by atoms with Crippen LogP contribution in [0.1, 0.15) is 36.1 Å². The van der Waals surface area contributed by atoms with Crippen molar-refractivity contribution in [3.05, 3.63) is 59.2 Å². The van der Waals surface area contributed by atoms with Crippen LogP contribution in [0.15, 0.2) is 42.5 Å². The minimum atomic E-state index is 0.327. The summed E-state index contributed by atoms with van der Waals surface area (Å²) in [6, 6.07) is 15.9. The highest BCUT2D eigenvalue weighted by Gasteiger charge is 2.13. The molecule has 1 atom stereocenters. The molecule has 0 radical (unpaired) electrons. The lowest BCUT2D eigenvalue weighted by Gasteiger charge is -2.19. The number of hydrogen-bond donors (Lipinski definition) is 1. The number of benzene rings is 2. The van der Waals surface area contributed by atoms with Crippen LogP contribution in [0.4, 0.5) is 11.4 Å². The van der Waals surface area contributed by atoms with E-state index in [1.54, 1.807) is 11.1 Å². The summed E-state index contributed by atoms with van der Waals surface area (Å²) in [4.78, 5) is 2.13. The van der Waals surface area contributed by atoms with Gasteiger partial charge in [-0.2, -0.15) is 0 Å². The van der Waals surface area contributed by atoms with E-state index < -0.39 is 0 Å². The van der Waals surface area contributed by atoms with Crippen LogP contribution in [-0.2, 0) is 12.8 Å². The van der Waals surface area contributed by atoms with Crippen molar-refractivity contribution in [2.45, 2.75) is 32.2 Å². The van der Waals surface area contributed by atoms with Gasteiger partial charge in [0, 0.05) is 31.5 Å². The molecule has 0 aliphatic heterocycles. The molecule has 2 nitrogen and oxygen atoms in total. The van der Waals surface area contributed by atoms with Crippen molar-refractivity contribution in [1.29, 1.82) is 0 Å². The second kappa shape index (κ2) is 5.80. The molecule has 0 spiro atoms. The Balaban J connectivity index is 1.77. The molecule has 0 saturated heterocycles. The zero-order valence-corrected chi connectivity index (χ0v) is 13.2. The Morgan fingerprint density at radius 3 is 2.62 bits per heavy atom. The van der Waals surface area contributed by atoms with Crippen LogP contribution in [0.25, 0.3) is 0 Å². The maximum atomic E-state index is 3.62. The lowest BCUT2D eigenvalue weighted by Crippen LogP contribution is -2.10. The summed E-state index contributed by atoms with van der Waals surface area (Å²) < 4.78 is 0. The van der Waals surface area contributed by atoms with E-state index in [9.17, 15) is 0 Å². The van der Waals surface area contributed by atoms with Crippen molar-refractivity contribution in [3.8, 4) is 0 Å². The smallest absolute Gasteiger partial charge is 0.0485 e. The molecular weight excluding hydrogens is 256 g/mol. The van der Waals surface area contributed by atoms with Gasteiger partial charge in [-0.3, -0.25) is 0 Å². The Kier molecular flexibility index (Phi) is 3.87. The first-order chi connectivity index (χ1) is 10.1. The van der Waals surface area contributed by atoms with Gasteiger partial charge in [0.25, 0.3) is 0 Å². The molecule has 1 unspecified atom stereocenters. The fourth-order valence-corrected chi connectivity index (χ4v) is 3.07. The van der Waals surface area contributed by atoms with Crippen LogP contribution in [0.5, 0.6) is 0 Å². The van der Waals surface area contributed by atoms with E-state index in [0.717, 1.165) is 0 Å². The van der Waals surface area contributed by atoms with Gasteiger partial charge < -0.3 is 10.2 Å². The van der Waals surface area contributed by atoms with Crippen molar-refractivity contribution in [2.24, 2.45) is 0 Å². The Morgan fingerprint density at radius 2 is 1.81 bits per heavy atom. The average Bonchev–Trinajstić information content (AvgIpc) is 2.94. The molecule has 0 amide bonds. The molecule has 0 aromatic heterocycles. The van der Waals surface area contributed by atoms with Crippen LogP contribution >= 0.6 is 0 Å². The zero-order valence-electron chi connectivity index (χ0n) is 13.2. The largest absolute Gasteiger partial charge is 0.378 e. The number of aryl methyl sites for hydroxylation is 2. The molecule has 2 aromatic carbocycles. The van der Waals surface area contributed by atoms with E-state index in [-0.39, 0.29) is 0 Å². The minimum absolute atomic E-state index is 0.327. The van der Waals surface area contributed by atoms with Gasteiger partial charge in [0.2, 0.25) is 0 Å². The molecule has 1 N–H and O–H groups in total. The first kappa shape index (κ1) is 14.0. The van der Waals surface area contributed by atoms with Crippen LogP contribution in [0.2, 0.25) is 0 Å². The fourth-order valence-electron chi connectivity index (χ4n) is 3.07. The van der Waals surface area contributed by atoms with Gasteiger partial charge in [-0.25, -0.2) is 0 Å². The predicted octanol–water partition coefficient (Wildman–Crippen LogP) is 4.41. The molecule has 2 heteroatoms. The summed E-state index contributed by atoms with van der Waals surface area (Å²) in [5.74, 6) is 0. The van der Waals surface area contributed by atoms with Gasteiger partial charge in [-0.15, -0.1) is 0 Å². The average molecular weight is 280 g/mol. The van der Waals surface area contributed by atoms with Gasteiger partial charge in [0.15, 0.2) is 0 Å². The summed E-state index contributed by atoms with van der Waals surface area (Å²) >= 11 is 0. The molecule has 21 heavy (non-hydrogen) atoms. The van der Waals surface area contributed by atoms with Crippen LogP contribution in [0, 0.1) is 0 Å². The van der Waals surface area contributed by atoms with E-state index >= 15 is 0 Å². The molecule has 1 aliphatic carbocycles. The van der Waals surface area contributed by atoms with Crippen LogP contribution in [0.3, 0.4) is 0 Å². The van der Waals surface area contributed by atoms with E-state index in [1.807, 2.05) is 0 Å². The zero-order chi connectivity index (χ0) is 14.8. The Hall–Kier alpha value is -1.96. The van der Waals surface area contributed by atoms with Crippen molar-refractivity contribution in [2.75, 3.05) is 24.3 Å². The molecular formula is C19H24N2. The maximum absolute atomic E-state index is 3.62. The first-order valence-corrected chi connectivity index (χ1v) is 7.79. The highest BCUT2D eigenvalue weighted by molar-refractivity contribution is 5.58. The lowest BCUT2D eigenvalue weighted by molar-refractivity contribution is 0.879. The Morgan fingerprint density at radius 1 is 1.00 bits per heavy atom. The van der Waals surface area contributed by atoms with Crippen LogP contribution < -0.4 is 10.2 Å². The Labute approximate surface area is 127 Å². The second-order valence-corrected chi connectivity index (χ2v) is 6.19. The molecule has 110 valence electrons. The molecule has 1 aliphatic rings. The van der Waals surface area contributed by atoms with Gasteiger partial charge >= 0.3 is 0 Å². The number of anilines is 2. The van der Waals surface area contributed by atoms with Crippen molar-refractivity contribution in [1.82, 2.24) is 0 Å². The summed E-state index contributed by atoms with van der Waals surface area (Å²) in [7, 11) is 4.14. The molecule has 0 saturated carbocycles. The number of rotatable bonds is 4. The number of hydrogen-bond acceptors (Lipinski definition) is 2. The summed E-state index contributed by atoms with van der Waals surface area (Å²) in [5.41, 5.74) is 6.87. The summed E-state index contributed by atoms with van der Waals surface area (Å²) in [6.45, 7) is 2.24. The predicted molar refractivity (Wildman–Crippen MR) is 91.3 cm³/mol. The third-order valence-corrected chi connectivity index (χ3v) is 4.37. The standard InChI is InChI=1S/C19H24N2/c1-14(16-11-10-15-6-4-7-17(15)12-16)20-18-8-5-9-19(13-18)21(2)3/h5,8-14,20H,4,6-7H2,1-3H3. The van der Waals surface area contributed by atoms with E-state index in [0.29, 0.717) is 6.04 Å². The van der Waals surface area contributed by atoms with E-state index in [4.69, 9.17) is 0 Å². The SMILES string of the molecule is CC(Nc1cccc(N(C)C)c1)c1ccc2c(c1)CCC2. The third kappa shape index (κ3) is 3.05. The second-order valence-electron chi connectivity index (χ2n) is 6.19. The summed E-state index contributed by atoms with van der Waals surface area (Å²) in [5, 5.41) is 3.62. The fraction of sp³-hybridized carbons (Fsp3) is 0.368. The maximum Gasteiger partial charge on any atom is 0.0485 e.